The number of carbonyl (C=O) groups is 1. The van der Waals surface area contributed by atoms with Crippen molar-refractivity contribution in [3.05, 3.63) is 61.0 Å². The molecule has 0 aliphatic heterocycles. The molecule has 0 amide bonds. The Balaban J connectivity index is 2.31. The summed E-state index contributed by atoms with van der Waals surface area (Å²) in [5, 5.41) is 20.3. The number of halogens is 1. The predicted octanol–water partition coefficient (Wildman–Crippen LogP) is 3.32. The van der Waals surface area contributed by atoms with Gasteiger partial charge in [-0.1, -0.05) is 15.9 Å². The van der Waals surface area contributed by atoms with Crippen molar-refractivity contribution >= 4 is 32.7 Å². The molecule has 0 unspecified atom stereocenters. The number of aryl methyl sites for hydroxylation is 1. The second-order valence-corrected chi connectivity index (χ2v) is 6.62. The van der Waals surface area contributed by atoms with Gasteiger partial charge >= 0.3 is 0 Å². The van der Waals surface area contributed by atoms with Gasteiger partial charge in [-0.3, -0.25) is 14.2 Å². The standard InChI is InChI=1S/C18H13BrN2O4/c1-8-12(7-20)17(23)21(3)18(24)14(8)15(22)16-9(2)11-5-4-10(19)6-13(11)25-16/h4-6,24H,1-3H3. The van der Waals surface area contributed by atoms with E-state index in [1.54, 1.807) is 19.1 Å². The number of pyridine rings is 1. The van der Waals surface area contributed by atoms with Crippen LogP contribution in [0, 0.1) is 25.2 Å². The van der Waals surface area contributed by atoms with Crippen molar-refractivity contribution in [1.82, 2.24) is 4.57 Å². The zero-order chi connectivity index (χ0) is 18.5. The molecule has 0 radical (unpaired) electrons. The normalized spacial score (nSPS) is 10.8. The van der Waals surface area contributed by atoms with Crippen LogP contribution in [0.1, 0.15) is 32.8 Å². The fraction of sp³-hybridized carbons (Fsp3) is 0.167. The van der Waals surface area contributed by atoms with E-state index < -0.39 is 17.2 Å². The largest absolute Gasteiger partial charge is 0.494 e. The van der Waals surface area contributed by atoms with Gasteiger partial charge < -0.3 is 9.52 Å². The summed E-state index contributed by atoms with van der Waals surface area (Å²) in [6.45, 7) is 3.20. The molecule has 126 valence electrons. The Kier molecular flexibility index (Phi) is 4.01. The van der Waals surface area contributed by atoms with E-state index in [-0.39, 0.29) is 22.5 Å². The smallest absolute Gasteiger partial charge is 0.271 e. The number of ketones is 1. The zero-order valence-electron chi connectivity index (χ0n) is 13.7. The Morgan fingerprint density at radius 1 is 1.32 bits per heavy atom. The first kappa shape index (κ1) is 17.0. The highest BCUT2D eigenvalue weighted by Gasteiger charge is 2.27. The van der Waals surface area contributed by atoms with Crippen LogP contribution in [-0.2, 0) is 7.05 Å². The number of hydrogen-bond donors (Lipinski definition) is 1. The third-order valence-electron chi connectivity index (χ3n) is 4.26. The SMILES string of the molecule is Cc1c(C(=O)c2oc3cc(Br)ccc3c2C)c(O)n(C)c(=O)c1C#N. The highest BCUT2D eigenvalue weighted by atomic mass is 79.9. The summed E-state index contributed by atoms with van der Waals surface area (Å²) >= 11 is 3.35. The minimum absolute atomic E-state index is 0.0639. The number of fused-ring (bicyclic) bond motifs is 1. The first-order valence-corrected chi connectivity index (χ1v) is 8.13. The van der Waals surface area contributed by atoms with Crippen LogP contribution in [0.25, 0.3) is 11.0 Å². The van der Waals surface area contributed by atoms with Gasteiger partial charge in [0, 0.05) is 22.5 Å². The molecule has 0 atom stereocenters. The summed E-state index contributed by atoms with van der Waals surface area (Å²) in [5.41, 5.74) is 0.338. The van der Waals surface area contributed by atoms with Gasteiger partial charge in [0.25, 0.3) is 5.56 Å². The topological polar surface area (TPSA) is 96.2 Å². The number of hydrogen-bond acceptors (Lipinski definition) is 5. The quantitative estimate of drug-likeness (QED) is 0.665. The lowest BCUT2D eigenvalue weighted by molar-refractivity contribution is 0.101. The van der Waals surface area contributed by atoms with E-state index in [1.807, 2.05) is 12.1 Å². The van der Waals surface area contributed by atoms with Gasteiger partial charge in [0.05, 0.1) is 5.56 Å². The summed E-state index contributed by atoms with van der Waals surface area (Å²) in [6, 6.07) is 7.19. The molecule has 1 N–H and O–H groups in total. The minimum atomic E-state index is -0.653. The first-order valence-electron chi connectivity index (χ1n) is 7.34. The second-order valence-electron chi connectivity index (χ2n) is 5.70. The molecule has 25 heavy (non-hydrogen) atoms. The lowest BCUT2D eigenvalue weighted by Gasteiger charge is -2.11. The summed E-state index contributed by atoms with van der Waals surface area (Å²) in [4.78, 5) is 25.0. The minimum Gasteiger partial charge on any atom is -0.494 e. The second kappa shape index (κ2) is 5.90. The molecular formula is C18H13BrN2O4. The molecule has 7 heteroatoms. The molecule has 0 fully saturated rings. The maximum absolute atomic E-state index is 13.0. The van der Waals surface area contributed by atoms with Crippen molar-refractivity contribution < 1.29 is 14.3 Å². The summed E-state index contributed by atoms with van der Waals surface area (Å²) < 4.78 is 7.38. The molecule has 0 aliphatic rings. The highest BCUT2D eigenvalue weighted by molar-refractivity contribution is 9.10. The maximum atomic E-state index is 13.0. The van der Waals surface area contributed by atoms with Crippen molar-refractivity contribution in [3.8, 4) is 11.9 Å². The van der Waals surface area contributed by atoms with Crippen molar-refractivity contribution in [1.29, 1.82) is 5.26 Å². The van der Waals surface area contributed by atoms with Gasteiger partial charge in [-0.05, 0) is 37.6 Å². The monoisotopic (exact) mass is 400 g/mol. The van der Waals surface area contributed by atoms with Crippen LogP contribution in [-0.4, -0.2) is 15.5 Å². The third kappa shape index (κ3) is 2.46. The zero-order valence-corrected chi connectivity index (χ0v) is 15.3. The van der Waals surface area contributed by atoms with Gasteiger partial charge in [-0.15, -0.1) is 0 Å². The molecule has 0 spiro atoms. The highest BCUT2D eigenvalue weighted by Crippen LogP contribution is 2.32. The molecule has 1 aromatic carbocycles. The summed E-state index contributed by atoms with van der Waals surface area (Å²) in [7, 11) is 1.30. The average molecular weight is 401 g/mol. The molecule has 3 rings (SSSR count). The van der Waals surface area contributed by atoms with Crippen LogP contribution in [0.2, 0.25) is 0 Å². The number of rotatable bonds is 2. The van der Waals surface area contributed by atoms with Crippen LogP contribution in [0.5, 0.6) is 5.88 Å². The number of aromatic nitrogens is 1. The van der Waals surface area contributed by atoms with E-state index in [9.17, 15) is 20.0 Å². The lowest BCUT2D eigenvalue weighted by Crippen LogP contribution is -2.24. The Morgan fingerprint density at radius 2 is 2.00 bits per heavy atom. The van der Waals surface area contributed by atoms with Crippen LogP contribution < -0.4 is 5.56 Å². The Labute approximate surface area is 151 Å². The molecule has 2 heterocycles. The molecule has 0 aliphatic carbocycles. The van der Waals surface area contributed by atoms with E-state index in [1.165, 1.54) is 14.0 Å². The summed E-state index contributed by atoms with van der Waals surface area (Å²) in [6.07, 6.45) is 0. The number of carbonyl (C=O) groups excluding carboxylic acids is 1. The molecule has 0 saturated heterocycles. The van der Waals surface area contributed by atoms with Gasteiger partial charge in [-0.2, -0.15) is 5.26 Å². The third-order valence-corrected chi connectivity index (χ3v) is 4.75. The van der Waals surface area contributed by atoms with Crippen LogP contribution in [0.3, 0.4) is 0 Å². The van der Waals surface area contributed by atoms with E-state index in [0.717, 1.165) is 14.4 Å². The van der Waals surface area contributed by atoms with Crippen molar-refractivity contribution in [2.45, 2.75) is 13.8 Å². The molecule has 6 nitrogen and oxygen atoms in total. The molecule has 0 bridgehead atoms. The average Bonchev–Trinajstić information content (AvgIpc) is 2.89. The van der Waals surface area contributed by atoms with Gasteiger partial charge in [0.1, 0.15) is 17.2 Å². The van der Waals surface area contributed by atoms with Crippen LogP contribution in [0.4, 0.5) is 0 Å². The Bertz CT molecular complexity index is 1150. The van der Waals surface area contributed by atoms with E-state index in [0.29, 0.717) is 11.1 Å². The number of furan rings is 1. The predicted molar refractivity (Wildman–Crippen MR) is 94.9 cm³/mol. The maximum Gasteiger partial charge on any atom is 0.271 e. The van der Waals surface area contributed by atoms with Gasteiger partial charge in [0.2, 0.25) is 11.7 Å². The van der Waals surface area contributed by atoms with Gasteiger partial charge in [-0.25, -0.2) is 0 Å². The molecule has 0 saturated carbocycles. The van der Waals surface area contributed by atoms with Crippen molar-refractivity contribution in [3.63, 3.8) is 0 Å². The molecular weight excluding hydrogens is 388 g/mol. The van der Waals surface area contributed by atoms with E-state index >= 15 is 0 Å². The molecule has 3 aromatic rings. The fourth-order valence-corrected chi connectivity index (χ4v) is 3.16. The van der Waals surface area contributed by atoms with Crippen molar-refractivity contribution in [2.24, 2.45) is 7.05 Å². The van der Waals surface area contributed by atoms with E-state index in [4.69, 9.17) is 4.42 Å². The summed E-state index contributed by atoms with van der Waals surface area (Å²) in [5.74, 6) is -1.01. The number of aromatic hydroxyl groups is 1. The van der Waals surface area contributed by atoms with Crippen molar-refractivity contribution in [2.75, 3.05) is 0 Å². The number of nitriles is 1. The first-order chi connectivity index (χ1) is 11.8. The van der Waals surface area contributed by atoms with Gasteiger partial charge in [0.15, 0.2) is 5.76 Å². The molecule has 2 aromatic heterocycles. The number of nitrogens with zero attached hydrogens (tertiary/aromatic N) is 2. The van der Waals surface area contributed by atoms with Crippen LogP contribution in [0.15, 0.2) is 31.9 Å². The van der Waals surface area contributed by atoms with E-state index in [2.05, 4.69) is 15.9 Å². The fourth-order valence-electron chi connectivity index (χ4n) is 2.82. The number of benzene rings is 1. The Morgan fingerprint density at radius 3 is 2.64 bits per heavy atom. The lowest BCUT2D eigenvalue weighted by atomic mass is 9.98. The van der Waals surface area contributed by atoms with Crippen LogP contribution >= 0.6 is 15.9 Å². The Hall–Kier alpha value is -2.85.